The van der Waals surface area contributed by atoms with Crippen molar-refractivity contribution in [3.8, 4) is 0 Å². The first-order valence-corrected chi connectivity index (χ1v) is 5.67. The maximum Gasteiger partial charge on any atom is 0.0827 e. The summed E-state index contributed by atoms with van der Waals surface area (Å²) in [4.78, 5) is 0. The van der Waals surface area contributed by atoms with Gasteiger partial charge in [0.15, 0.2) is 0 Å². The van der Waals surface area contributed by atoms with E-state index in [9.17, 15) is 5.11 Å². The Hall–Kier alpha value is -0.300. The Kier molecular flexibility index (Phi) is 4.51. The molecule has 0 aromatic heterocycles. The van der Waals surface area contributed by atoms with Crippen LogP contribution in [0.4, 0.5) is 0 Å². The van der Waals surface area contributed by atoms with Gasteiger partial charge in [0, 0.05) is 0 Å². The van der Waals surface area contributed by atoms with Gasteiger partial charge in [-0.05, 0) is 19.3 Å². The molecule has 0 amide bonds. The predicted molar refractivity (Wildman–Crippen MR) is 56.7 cm³/mol. The van der Waals surface area contributed by atoms with E-state index in [4.69, 9.17) is 0 Å². The largest absolute Gasteiger partial charge is 0.386 e. The number of hydrogen-bond acceptors (Lipinski definition) is 1. The Bertz CT molecular complexity index is 153. The standard InChI is InChI=1S/C12H22O/c1-2-3-9-12(13)10-7-5-4-6-8-11-12/h3,9,13H,2,4-8,10-11H2,1H3/b9-3+. The zero-order valence-corrected chi connectivity index (χ0v) is 8.76. The van der Waals surface area contributed by atoms with E-state index in [2.05, 4.69) is 13.0 Å². The third kappa shape index (κ3) is 3.95. The van der Waals surface area contributed by atoms with E-state index >= 15 is 0 Å². The number of aliphatic hydroxyl groups is 1. The van der Waals surface area contributed by atoms with Crippen LogP contribution in [0.1, 0.15) is 58.3 Å². The van der Waals surface area contributed by atoms with E-state index in [0.29, 0.717) is 0 Å². The van der Waals surface area contributed by atoms with Crippen molar-refractivity contribution in [3.05, 3.63) is 12.2 Å². The lowest BCUT2D eigenvalue weighted by atomic mass is 9.86. The summed E-state index contributed by atoms with van der Waals surface area (Å²) in [5, 5.41) is 10.2. The highest BCUT2D eigenvalue weighted by Crippen LogP contribution is 2.27. The molecule has 0 atom stereocenters. The molecule has 0 saturated heterocycles. The number of allylic oxidation sites excluding steroid dienone is 1. The van der Waals surface area contributed by atoms with Crippen LogP contribution in [-0.4, -0.2) is 10.7 Å². The SMILES string of the molecule is CC/C=C/C1(O)CCCCCCC1. The van der Waals surface area contributed by atoms with Gasteiger partial charge in [0.25, 0.3) is 0 Å². The molecular weight excluding hydrogens is 160 g/mol. The first-order valence-electron chi connectivity index (χ1n) is 5.67. The third-order valence-corrected chi connectivity index (χ3v) is 2.88. The summed E-state index contributed by atoms with van der Waals surface area (Å²) in [6.45, 7) is 2.11. The topological polar surface area (TPSA) is 20.2 Å². The van der Waals surface area contributed by atoms with Gasteiger partial charge in [0.1, 0.15) is 0 Å². The molecule has 1 saturated carbocycles. The summed E-state index contributed by atoms with van der Waals surface area (Å²) in [6, 6.07) is 0. The molecule has 0 aliphatic heterocycles. The summed E-state index contributed by atoms with van der Waals surface area (Å²) in [5.74, 6) is 0. The maximum absolute atomic E-state index is 10.2. The smallest absolute Gasteiger partial charge is 0.0827 e. The van der Waals surface area contributed by atoms with Crippen LogP contribution in [0, 0.1) is 0 Å². The molecule has 1 heteroatoms. The first-order chi connectivity index (χ1) is 6.27. The fourth-order valence-electron chi connectivity index (χ4n) is 2.02. The molecule has 1 aliphatic rings. The molecule has 0 radical (unpaired) electrons. The summed E-state index contributed by atoms with van der Waals surface area (Å²) < 4.78 is 0. The molecule has 1 N–H and O–H groups in total. The lowest BCUT2D eigenvalue weighted by Crippen LogP contribution is -2.26. The van der Waals surface area contributed by atoms with Crippen LogP contribution < -0.4 is 0 Å². The van der Waals surface area contributed by atoms with Crippen molar-refractivity contribution in [1.29, 1.82) is 0 Å². The fourth-order valence-corrected chi connectivity index (χ4v) is 2.02. The van der Waals surface area contributed by atoms with Crippen LogP contribution >= 0.6 is 0 Å². The first kappa shape index (κ1) is 10.8. The van der Waals surface area contributed by atoms with Crippen molar-refractivity contribution in [1.82, 2.24) is 0 Å². The van der Waals surface area contributed by atoms with E-state index in [-0.39, 0.29) is 0 Å². The Balaban J connectivity index is 2.46. The van der Waals surface area contributed by atoms with Crippen LogP contribution in [0.25, 0.3) is 0 Å². The monoisotopic (exact) mass is 182 g/mol. The fraction of sp³-hybridized carbons (Fsp3) is 0.833. The van der Waals surface area contributed by atoms with Gasteiger partial charge in [-0.2, -0.15) is 0 Å². The summed E-state index contributed by atoms with van der Waals surface area (Å²) in [6.07, 6.45) is 13.4. The van der Waals surface area contributed by atoms with Crippen LogP contribution in [0.3, 0.4) is 0 Å². The van der Waals surface area contributed by atoms with E-state index in [0.717, 1.165) is 19.3 Å². The second-order valence-electron chi connectivity index (χ2n) is 4.18. The molecule has 0 spiro atoms. The van der Waals surface area contributed by atoms with Gasteiger partial charge >= 0.3 is 0 Å². The molecule has 1 nitrogen and oxygen atoms in total. The van der Waals surface area contributed by atoms with Crippen LogP contribution in [0.2, 0.25) is 0 Å². The van der Waals surface area contributed by atoms with Crippen molar-refractivity contribution in [2.45, 2.75) is 63.9 Å². The lowest BCUT2D eigenvalue weighted by Gasteiger charge is -2.26. The summed E-state index contributed by atoms with van der Waals surface area (Å²) in [7, 11) is 0. The minimum absolute atomic E-state index is 0.476. The molecule has 0 heterocycles. The summed E-state index contributed by atoms with van der Waals surface area (Å²) >= 11 is 0. The Labute approximate surface area is 81.9 Å². The average molecular weight is 182 g/mol. The highest BCUT2D eigenvalue weighted by Gasteiger charge is 2.23. The molecule has 76 valence electrons. The molecule has 13 heavy (non-hydrogen) atoms. The Morgan fingerprint density at radius 1 is 1.08 bits per heavy atom. The van der Waals surface area contributed by atoms with Gasteiger partial charge in [0.05, 0.1) is 5.60 Å². The zero-order chi connectivity index (χ0) is 9.57. The number of hydrogen-bond donors (Lipinski definition) is 1. The van der Waals surface area contributed by atoms with E-state index in [1.165, 1.54) is 32.1 Å². The Morgan fingerprint density at radius 3 is 2.15 bits per heavy atom. The van der Waals surface area contributed by atoms with Crippen molar-refractivity contribution in [3.63, 3.8) is 0 Å². The van der Waals surface area contributed by atoms with Gasteiger partial charge in [-0.15, -0.1) is 0 Å². The van der Waals surface area contributed by atoms with Gasteiger partial charge in [-0.1, -0.05) is 51.2 Å². The van der Waals surface area contributed by atoms with Gasteiger partial charge in [-0.3, -0.25) is 0 Å². The van der Waals surface area contributed by atoms with Crippen molar-refractivity contribution < 1.29 is 5.11 Å². The van der Waals surface area contributed by atoms with Crippen LogP contribution in [0.5, 0.6) is 0 Å². The van der Waals surface area contributed by atoms with Crippen molar-refractivity contribution in [2.24, 2.45) is 0 Å². The van der Waals surface area contributed by atoms with E-state index in [1.54, 1.807) is 0 Å². The second-order valence-corrected chi connectivity index (χ2v) is 4.18. The molecule has 1 fully saturated rings. The molecule has 0 aromatic rings. The van der Waals surface area contributed by atoms with Gasteiger partial charge in [0.2, 0.25) is 0 Å². The molecule has 0 aromatic carbocycles. The molecular formula is C12H22O. The molecule has 0 unspecified atom stereocenters. The van der Waals surface area contributed by atoms with Crippen LogP contribution in [0.15, 0.2) is 12.2 Å². The molecule has 0 bridgehead atoms. The molecule has 1 aliphatic carbocycles. The van der Waals surface area contributed by atoms with Gasteiger partial charge in [-0.25, -0.2) is 0 Å². The van der Waals surface area contributed by atoms with Crippen molar-refractivity contribution in [2.75, 3.05) is 0 Å². The van der Waals surface area contributed by atoms with Gasteiger partial charge < -0.3 is 5.11 Å². The summed E-state index contributed by atoms with van der Waals surface area (Å²) in [5.41, 5.74) is -0.476. The predicted octanol–water partition coefficient (Wildman–Crippen LogP) is 3.43. The minimum Gasteiger partial charge on any atom is -0.386 e. The van der Waals surface area contributed by atoms with Crippen molar-refractivity contribution >= 4 is 0 Å². The quantitative estimate of drug-likeness (QED) is 0.649. The highest BCUT2D eigenvalue weighted by atomic mass is 16.3. The highest BCUT2D eigenvalue weighted by molar-refractivity contribution is 5.00. The van der Waals surface area contributed by atoms with E-state index in [1.807, 2.05) is 6.08 Å². The zero-order valence-electron chi connectivity index (χ0n) is 8.76. The number of rotatable bonds is 2. The van der Waals surface area contributed by atoms with Crippen LogP contribution in [-0.2, 0) is 0 Å². The maximum atomic E-state index is 10.2. The second kappa shape index (κ2) is 5.43. The van der Waals surface area contributed by atoms with E-state index < -0.39 is 5.60 Å². The lowest BCUT2D eigenvalue weighted by molar-refractivity contribution is 0.0618. The minimum atomic E-state index is -0.476. The molecule has 1 rings (SSSR count). The third-order valence-electron chi connectivity index (χ3n) is 2.88. The Morgan fingerprint density at radius 2 is 1.62 bits per heavy atom. The average Bonchev–Trinajstić information content (AvgIpc) is 2.09. The normalized spacial score (nSPS) is 24.2.